The summed E-state index contributed by atoms with van der Waals surface area (Å²) in [4.78, 5) is 18.6. The summed E-state index contributed by atoms with van der Waals surface area (Å²) in [6, 6.07) is 4.11. The molecule has 1 aromatic carbocycles. The van der Waals surface area contributed by atoms with Gasteiger partial charge in [-0.25, -0.2) is 4.98 Å². The van der Waals surface area contributed by atoms with Gasteiger partial charge in [0, 0.05) is 20.0 Å². The van der Waals surface area contributed by atoms with E-state index in [1.54, 1.807) is 18.3 Å². The molecule has 0 fully saturated rings. The van der Waals surface area contributed by atoms with E-state index in [0.29, 0.717) is 18.0 Å². The third-order valence-electron chi connectivity index (χ3n) is 3.66. The predicted molar refractivity (Wildman–Crippen MR) is 88.2 cm³/mol. The Balaban J connectivity index is 2.14. The van der Waals surface area contributed by atoms with E-state index >= 15 is 0 Å². The predicted octanol–water partition coefficient (Wildman–Crippen LogP) is 1.79. The third-order valence-corrected chi connectivity index (χ3v) is 3.87. The first-order valence-electron chi connectivity index (χ1n) is 6.83. The maximum absolute atomic E-state index is 12.2. The molecule has 0 bridgehead atoms. The Morgan fingerprint density at radius 3 is 2.71 bits per heavy atom. The topological polar surface area (TPSA) is 64.2 Å². The van der Waals surface area contributed by atoms with Crippen molar-refractivity contribution >= 4 is 34.1 Å². The summed E-state index contributed by atoms with van der Waals surface area (Å²) in [5, 5.41) is 0. The highest BCUT2D eigenvalue weighted by Crippen LogP contribution is 2.18. The zero-order valence-corrected chi connectivity index (χ0v) is 13.4. The quantitative estimate of drug-likeness (QED) is 0.855. The van der Waals surface area contributed by atoms with E-state index in [2.05, 4.69) is 24.9 Å². The van der Waals surface area contributed by atoms with E-state index in [0.717, 1.165) is 11.0 Å². The van der Waals surface area contributed by atoms with Gasteiger partial charge in [0.15, 0.2) is 0 Å². The van der Waals surface area contributed by atoms with Gasteiger partial charge in [-0.1, -0.05) is 12.2 Å². The molecule has 0 aliphatic rings. The largest absolute Gasteiger partial charge is 0.393 e. The maximum Gasteiger partial charge on any atom is 0.242 e. The van der Waals surface area contributed by atoms with Gasteiger partial charge >= 0.3 is 0 Å². The number of nitrogens with zero attached hydrogens (tertiary/aromatic N) is 3. The lowest BCUT2D eigenvalue weighted by Crippen LogP contribution is -2.32. The van der Waals surface area contributed by atoms with Gasteiger partial charge < -0.3 is 15.2 Å². The number of amides is 1. The van der Waals surface area contributed by atoms with Gasteiger partial charge in [-0.15, -0.1) is 0 Å². The molecular formula is C15H20N4OS. The lowest BCUT2D eigenvalue weighted by Gasteiger charge is -2.17. The molecule has 0 saturated heterocycles. The molecule has 2 rings (SSSR count). The second-order valence-corrected chi connectivity index (χ2v) is 5.85. The van der Waals surface area contributed by atoms with Gasteiger partial charge in [-0.2, -0.15) is 0 Å². The third kappa shape index (κ3) is 3.58. The second-order valence-electron chi connectivity index (χ2n) is 5.33. The van der Waals surface area contributed by atoms with Crippen LogP contribution in [0.5, 0.6) is 0 Å². The fourth-order valence-corrected chi connectivity index (χ4v) is 2.20. The number of carbonyl (C=O) groups excluding carboxylic acids is 1. The number of imidazole rings is 1. The summed E-state index contributed by atoms with van der Waals surface area (Å²) in [7, 11) is 1.76. The summed E-state index contributed by atoms with van der Waals surface area (Å²) >= 11 is 4.83. The molecule has 2 aromatic rings. The van der Waals surface area contributed by atoms with Crippen molar-refractivity contribution in [2.45, 2.75) is 26.8 Å². The van der Waals surface area contributed by atoms with Crippen molar-refractivity contribution < 1.29 is 4.79 Å². The average Bonchev–Trinajstić information content (AvgIpc) is 2.79. The Kier molecular flexibility index (Phi) is 4.57. The number of hydrogen-bond acceptors (Lipinski definition) is 3. The zero-order valence-electron chi connectivity index (χ0n) is 12.6. The highest BCUT2D eigenvalue weighted by atomic mass is 32.1. The van der Waals surface area contributed by atoms with Crippen molar-refractivity contribution in [2.24, 2.45) is 5.73 Å². The van der Waals surface area contributed by atoms with Gasteiger partial charge in [0.05, 0.1) is 22.3 Å². The first kappa shape index (κ1) is 15.4. The summed E-state index contributed by atoms with van der Waals surface area (Å²) in [6.45, 7) is 4.93. The highest BCUT2D eigenvalue weighted by Gasteiger charge is 2.12. The van der Waals surface area contributed by atoms with Crippen molar-refractivity contribution in [3.05, 3.63) is 29.6 Å². The van der Waals surface area contributed by atoms with Crippen LogP contribution in [0.15, 0.2) is 18.5 Å². The average molecular weight is 304 g/mol. The van der Waals surface area contributed by atoms with E-state index in [-0.39, 0.29) is 12.5 Å². The number of nitrogens with two attached hydrogens (primary N) is 1. The molecule has 0 unspecified atom stereocenters. The molecular weight excluding hydrogens is 284 g/mol. The minimum absolute atomic E-state index is 0.0174. The number of benzene rings is 1. The molecule has 0 atom stereocenters. The van der Waals surface area contributed by atoms with E-state index in [1.807, 2.05) is 10.6 Å². The van der Waals surface area contributed by atoms with Crippen LogP contribution in [0.25, 0.3) is 11.0 Å². The number of hydrogen-bond donors (Lipinski definition) is 1. The summed E-state index contributed by atoms with van der Waals surface area (Å²) in [6.07, 6.45) is 2.25. The highest BCUT2D eigenvalue weighted by molar-refractivity contribution is 7.80. The molecule has 6 heteroatoms. The fourth-order valence-electron chi connectivity index (χ4n) is 2.11. The van der Waals surface area contributed by atoms with Crippen LogP contribution < -0.4 is 5.73 Å². The molecule has 112 valence electrons. The molecule has 2 N–H and O–H groups in total. The van der Waals surface area contributed by atoms with Crippen molar-refractivity contribution in [3.63, 3.8) is 0 Å². The maximum atomic E-state index is 12.2. The van der Waals surface area contributed by atoms with Crippen LogP contribution in [-0.4, -0.2) is 38.9 Å². The molecule has 1 heterocycles. The SMILES string of the molecule is Cc1cc2ncn(CC(=O)N(C)CCC(N)=S)c2cc1C. The lowest BCUT2D eigenvalue weighted by atomic mass is 10.1. The van der Waals surface area contributed by atoms with E-state index < -0.39 is 0 Å². The van der Waals surface area contributed by atoms with Gasteiger partial charge in [-0.05, 0) is 37.1 Å². The van der Waals surface area contributed by atoms with Gasteiger partial charge in [0.2, 0.25) is 5.91 Å². The van der Waals surface area contributed by atoms with Crippen molar-refractivity contribution in [1.29, 1.82) is 0 Å². The molecule has 0 spiro atoms. The van der Waals surface area contributed by atoms with Crippen LogP contribution in [0, 0.1) is 13.8 Å². The molecule has 0 aliphatic heterocycles. The van der Waals surface area contributed by atoms with Gasteiger partial charge in [0.1, 0.15) is 6.54 Å². The molecule has 0 aliphatic carbocycles. The smallest absolute Gasteiger partial charge is 0.242 e. The van der Waals surface area contributed by atoms with Crippen LogP contribution in [0.4, 0.5) is 0 Å². The summed E-state index contributed by atoms with van der Waals surface area (Å²) in [5.74, 6) is 0.0174. The van der Waals surface area contributed by atoms with Crippen molar-refractivity contribution in [1.82, 2.24) is 14.5 Å². The monoisotopic (exact) mass is 304 g/mol. The minimum atomic E-state index is 0.0174. The van der Waals surface area contributed by atoms with Crippen molar-refractivity contribution in [2.75, 3.05) is 13.6 Å². The van der Waals surface area contributed by atoms with Crippen LogP contribution >= 0.6 is 12.2 Å². The number of likely N-dealkylation sites (N-methyl/N-ethyl adjacent to an activating group) is 1. The molecule has 1 amide bonds. The lowest BCUT2D eigenvalue weighted by molar-refractivity contribution is -0.130. The standard InChI is InChI=1S/C15H20N4OS/c1-10-6-12-13(7-11(10)2)19(9-17-12)8-15(20)18(3)5-4-14(16)21/h6-7,9H,4-5,8H2,1-3H3,(H2,16,21). The Labute approximate surface area is 129 Å². The number of carbonyl (C=O) groups is 1. The molecule has 21 heavy (non-hydrogen) atoms. The van der Waals surface area contributed by atoms with E-state index in [1.165, 1.54) is 11.1 Å². The van der Waals surface area contributed by atoms with E-state index in [9.17, 15) is 4.79 Å². The number of aryl methyl sites for hydroxylation is 2. The number of thiocarbonyl (C=S) groups is 1. The van der Waals surface area contributed by atoms with Crippen molar-refractivity contribution in [3.8, 4) is 0 Å². The fraction of sp³-hybridized carbons (Fsp3) is 0.400. The first-order valence-corrected chi connectivity index (χ1v) is 7.23. The van der Waals surface area contributed by atoms with Gasteiger partial charge in [-0.3, -0.25) is 4.79 Å². The van der Waals surface area contributed by atoms with Crippen LogP contribution in [0.2, 0.25) is 0 Å². The van der Waals surface area contributed by atoms with Crippen LogP contribution in [0.3, 0.4) is 0 Å². The number of rotatable bonds is 5. The van der Waals surface area contributed by atoms with Crippen LogP contribution in [-0.2, 0) is 11.3 Å². The zero-order chi connectivity index (χ0) is 15.6. The summed E-state index contributed by atoms with van der Waals surface area (Å²) < 4.78 is 1.88. The Hall–Kier alpha value is -1.95. The Morgan fingerprint density at radius 1 is 1.38 bits per heavy atom. The van der Waals surface area contributed by atoms with Crippen LogP contribution in [0.1, 0.15) is 17.5 Å². The minimum Gasteiger partial charge on any atom is -0.393 e. The first-order chi connectivity index (χ1) is 9.88. The number of fused-ring (bicyclic) bond motifs is 1. The Morgan fingerprint density at radius 2 is 2.05 bits per heavy atom. The number of aromatic nitrogens is 2. The Bertz CT molecular complexity index is 692. The summed E-state index contributed by atoms with van der Waals surface area (Å²) in [5.41, 5.74) is 9.75. The molecule has 5 nitrogen and oxygen atoms in total. The van der Waals surface area contributed by atoms with E-state index in [4.69, 9.17) is 18.0 Å². The molecule has 0 radical (unpaired) electrons. The van der Waals surface area contributed by atoms with Gasteiger partial charge in [0.25, 0.3) is 0 Å². The molecule has 0 saturated carbocycles. The second kappa shape index (κ2) is 6.22. The molecule has 1 aromatic heterocycles. The normalized spacial score (nSPS) is 10.8.